The Kier molecular flexibility index (Phi) is 4.55. The lowest BCUT2D eigenvalue weighted by molar-refractivity contribution is -0.385. The zero-order chi connectivity index (χ0) is 15.4. The van der Waals surface area contributed by atoms with Crippen LogP contribution in [0.5, 0.6) is 11.5 Å². The van der Waals surface area contributed by atoms with Crippen molar-refractivity contribution in [3.8, 4) is 11.5 Å². The smallest absolute Gasteiger partial charge is 0.311 e. The summed E-state index contributed by atoms with van der Waals surface area (Å²) in [5.41, 5.74) is 1.39. The number of nitro groups is 1. The molecular weight excluding hydrogens is 270 g/mol. The molecule has 0 spiro atoms. The van der Waals surface area contributed by atoms with Crippen molar-refractivity contribution in [3.63, 3.8) is 0 Å². The van der Waals surface area contributed by atoms with Gasteiger partial charge >= 0.3 is 5.69 Å². The van der Waals surface area contributed by atoms with Gasteiger partial charge in [0, 0.05) is 11.6 Å². The molecule has 5 nitrogen and oxygen atoms in total. The number of nitro benzene ring substituents is 1. The largest absolute Gasteiger partial charge is 0.450 e. The summed E-state index contributed by atoms with van der Waals surface area (Å²) in [6.07, 6.45) is -0.124. The maximum Gasteiger partial charge on any atom is 0.311 e. The predicted octanol–water partition coefficient (Wildman–Crippen LogP) is 4.14. The second-order valence-corrected chi connectivity index (χ2v) is 4.79. The van der Waals surface area contributed by atoms with E-state index in [1.807, 2.05) is 13.8 Å². The fourth-order valence-corrected chi connectivity index (χ4v) is 2.04. The number of benzene rings is 2. The Hall–Kier alpha value is -2.40. The highest BCUT2D eigenvalue weighted by molar-refractivity contribution is 5.51. The first-order valence-corrected chi connectivity index (χ1v) is 6.72. The van der Waals surface area contributed by atoms with Gasteiger partial charge in [-0.05, 0) is 31.0 Å². The van der Waals surface area contributed by atoms with E-state index in [2.05, 4.69) is 0 Å². The molecule has 5 heteroatoms. The number of ether oxygens (including phenoxy) is 1. The first kappa shape index (κ1) is 15.0. The Morgan fingerprint density at radius 2 is 1.95 bits per heavy atom. The van der Waals surface area contributed by atoms with Crippen molar-refractivity contribution >= 4 is 5.69 Å². The number of hydrogen-bond donors (Lipinski definition) is 1. The summed E-state index contributed by atoms with van der Waals surface area (Å²) in [5, 5.41) is 21.1. The number of aliphatic hydroxyl groups excluding tert-OH is 1. The van der Waals surface area contributed by atoms with Gasteiger partial charge in [0.1, 0.15) is 5.75 Å². The number of hydrogen-bond acceptors (Lipinski definition) is 4. The lowest BCUT2D eigenvalue weighted by atomic mass is 10.1. The van der Waals surface area contributed by atoms with Crippen LogP contribution in [0.25, 0.3) is 0 Å². The lowest BCUT2D eigenvalue weighted by Crippen LogP contribution is -2.00. The van der Waals surface area contributed by atoms with Gasteiger partial charge in [-0.15, -0.1) is 0 Å². The summed E-state index contributed by atoms with van der Waals surface area (Å²) in [6.45, 7) is 3.69. The zero-order valence-corrected chi connectivity index (χ0v) is 11.9. The monoisotopic (exact) mass is 287 g/mol. The van der Waals surface area contributed by atoms with Crippen molar-refractivity contribution in [2.45, 2.75) is 26.4 Å². The van der Waals surface area contributed by atoms with E-state index in [-0.39, 0.29) is 11.4 Å². The molecular formula is C16H17NO4. The number of rotatable bonds is 5. The Labute approximate surface area is 123 Å². The number of aryl methyl sites for hydroxylation is 1. The van der Waals surface area contributed by atoms with Crippen LogP contribution in [-0.4, -0.2) is 10.0 Å². The van der Waals surface area contributed by atoms with E-state index in [1.54, 1.807) is 36.4 Å². The fourth-order valence-electron chi connectivity index (χ4n) is 2.04. The highest BCUT2D eigenvalue weighted by Crippen LogP contribution is 2.35. The van der Waals surface area contributed by atoms with E-state index in [0.29, 0.717) is 17.7 Å². The van der Waals surface area contributed by atoms with Crippen LogP contribution in [0.15, 0.2) is 42.5 Å². The predicted molar refractivity (Wildman–Crippen MR) is 79.6 cm³/mol. The summed E-state index contributed by atoms with van der Waals surface area (Å²) in [7, 11) is 0. The minimum Gasteiger partial charge on any atom is -0.450 e. The van der Waals surface area contributed by atoms with Crippen LogP contribution in [0, 0.1) is 17.0 Å². The van der Waals surface area contributed by atoms with Crippen LogP contribution in [0.4, 0.5) is 5.69 Å². The molecule has 0 aromatic heterocycles. The number of aliphatic hydroxyl groups is 1. The first-order valence-electron chi connectivity index (χ1n) is 6.72. The van der Waals surface area contributed by atoms with Crippen molar-refractivity contribution in [2.75, 3.05) is 0 Å². The van der Waals surface area contributed by atoms with Crippen molar-refractivity contribution < 1.29 is 14.8 Å². The lowest BCUT2D eigenvalue weighted by Gasteiger charge is -2.14. The second-order valence-electron chi connectivity index (χ2n) is 4.79. The zero-order valence-electron chi connectivity index (χ0n) is 11.9. The van der Waals surface area contributed by atoms with E-state index in [4.69, 9.17) is 4.74 Å². The summed E-state index contributed by atoms with van der Waals surface area (Å²) in [4.78, 5) is 10.6. The van der Waals surface area contributed by atoms with Gasteiger partial charge in [-0.25, -0.2) is 0 Å². The molecule has 110 valence electrons. The molecule has 0 aliphatic heterocycles. The van der Waals surface area contributed by atoms with E-state index in [0.717, 1.165) is 5.56 Å². The fraction of sp³-hybridized carbons (Fsp3) is 0.250. The van der Waals surface area contributed by atoms with Crippen molar-refractivity contribution in [1.82, 2.24) is 0 Å². The minimum atomic E-state index is -0.662. The standard InChI is InChI=1S/C16H17NO4/c1-3-14(18)12-6-4-5-7-15(12)21-16-10-11(2)8-9-13(16)17(19)20/h4-10,14,18H,3H2,1-2H3. The molecule has 0 saturated carbocycles. The van der Waals surface area contributed by atoms with E-state index in [1.165, 1.54) is 6.07 Å². The third-order valence-electron chi connectivity index (χ3n) is 3.20. The maximum atomic E-state index is 11.1. The molecule has 0 radical (unpaired) electrons. The van der Waals surface area contributed by atoms with Crippen molar-refractivity contribution in [1.29, 1.82) is 0 Å². The molecule has 2 rings (SSSR count). The number of para-hydroxylation sites is 1. The van der Waals surface area contributed by atoms with Gasteiger partial charge in [0.2, 0.25) is 5.75 Å². The van der Waals surface area contributed by atoms with Gasteiger partial charge in [-0.2, -0.15) is 0 Å². The molecule has 2 aromatic carbocycles. The molecule has 0 saturated heterocycles. The second kappa shape index (κ2) is 6.37. The molecule has 0 fully saturated rings. The highest BCUT2D eigenvalue weighted by Gasteiger charge is 2.18. The van der Waals surface area contributed by atoms with E-state index >= 15 is 0 Å². The molecule has 21 heavy (non-hydrogen) atoms. The van der Waals surface area contributed by atoms with Crippen LogP contribution in [0.2, 0.25) is 0 Å². The van der Waals surface area contributed by atoms with Gasteiger partial charge in [-0.3, -0.25) is 10.1 Å². The average molecular weight is 287 g/mol. The maximum absolute atomic E-state index is 11.1. The molecule has 1 N–H and O–H groups in total. The van der Waals surface area contributed by atoms with E-state index in [9.17, 15) is 15.2 Å². The summed E-state index contributed by atoms with van der Waals surface area (Å²) < 4.78 is 5.70. The molecule has 1 atom stereocenters. The Morgan fingerprint density at radius 3 is 2.62 bits per heavy atom. The van der Waals surface area contributed by atoms with Crippen LogP contribution < -0.4 is 4.74 Å². The van der Waals surface area contributed by atoms with Crippen molar-refractivity contribution in [2.24, 2.45) is 0 Å². The third-order valence-corrected chi connectivity index (χ3v) is 3.20. The molecule has 0 amide bonds. The third kappa shape index (κ3) is 3.38. The Balaban J connectivity index is 2.43. The number of nitrogens with zero attached hydrogens (tertiary/aromatic N) is 1. The van der Waals surface area contributed by atoms with Gasteiger partial charge in [0.15, 0.2) is 0 Å². The minimum absolute atomic E-state index is 0.0959. The van der Waals surface area contributed by atoms with Gasteiger partial charge in [0.25, 0.3) is 0 Å². The average Bonchev–Trinajstić information content (AvgIpc) is 2.47. The summed E-state index contributed by atoms with van der Waals surface area (Å²) in [6, 6.07) is 11.7. The van der Waals surface area contributed by atoms with Crippen molar-refractivity contribution in [3.05, 3.63) is 63.7 Å². The van der Waals surface area contributed by atoms with Gasteiger partial charge < -0.3 is 9.84 Å². The SMILES string of the molecule is CCC(O)c1ccccc1Oc1cc(C)ccc1[N+](=O)[O-]. The van der Waals surface area contributed by atoms with Crippen LogP contribution in [0.3, 0.4) is 0 Å². The molecule has 0 aliphatic carbocycles. The van der Waals surface area contributed by atoms with Gasteiger partial charge in [0.05, 0.1) is 11.0 Å². The molecule has 0 bridgehead atoms. The highest BCUT2D eigenvalue weighted by atomic mass is 16.6. The van der Waals surface area contributed by atoms with E-state index < -0.39 is 11.0 Å². The van der Waals surface area contributed by atoms with Gasteiger partial charge in [-0.1, -0.05) is 31.2 Å². The van der Waals surface area contributed by atoms with Crippen LogP contribution >= 0.6 is 0 Å². The van der Waals surface area contributed by atoms with Crippen LogP contribution in [0.1, 0.15) is 30.6 Å². The summed E-state index contributed by atoms with van der Waals surface area (Å²) >= 11 is 0. The molecule has 1 unspecified atom stereocenters. The quantitative estimate of drug-likeness (QED) is 0.662. The molecule has 2 aromatic rings. The molecule has 0 heterocycles. The first-order chi connectivity index (χ1) is 10.0. The normalized spacial score (nSPS) is 12.0. The Bertz CT molecular complexity index is 654. The van der Waals surface area contributed by atoms with Crippen LogP contribution in [-0.2, 0) is 0 Å². The summed E-state index contributed by atoms with van der Waals surface area (Å²) in [5.74, 6) is 0.608. The topological polar surface area (TPSA) is 72.6 Å². The Morgan fingerprint density at radius 1 is 1.24 bits per heavy atom. The molecule has 0 aliphatic rings.